The molecule has 2 nitrogen and oxygen atoms in total. The Morgan fingerprint density at radius 2 is 1.66 bits per heavy atom. The zero-order valence-electron chi connectivity index (χ0n) is 22.2. The Morgan fingerprint density at radius 3 is 2.31 bits per heavy atom. The van der Waals surface area contributed by atoms with Gasteiger partial charge in [-0.15, -0.1) is 0 Å². The SMILES string of the molecule is CC(C)=CCC[C@@H](C)C1CC[C@@]2(C)C3=C(C[C@@H](O)[C@]12C)[C@@]1(C)CC[C@@H](O)C(C)(C)[C@@H]1CC3. The minimum Gasteiger partial charge on any atom is -0.393 e. The molecule has 8 atom stereocenters. The maximum atomic E-state index is 11.9. The van der Waals surface area contributed by atoms with Gasteiger partial charge in [-0.3, -0.25) is 0 Å². The number of hydrogen-bond acceptors (Lipinski definition) is 2. The van der Waals surface area contributed by atoms with Crippen LogP contribution in [0.2, 0.25) is 0 Å². The maximum Gasteiger partial charge on any atom is 0.0642 e. The zero-order chi connectivity index (χ0) is 23.7. The quantitative estimate of drug-likeness (QED) is 0.444. The van der Waals surface area contributed by atoms with Gasteiger partial charge in [-0.25, -0.2) is 0 Å². The van der Waals surface area contributed by atoms with Crippen LogP contribution in [0.3, 0.4) is 0 Å². The van der Waals surface area contributed by atoms with Gasteiger partial charge in [0.05, 0.1) is 12.2 Å². The molecule has 0 bridgehead atoms. The Bertz CT molecular complexity index is 802. The molecule has 1 unspecified atom stereocenters. The molecule has 4 rings (SSSR count). The van der Waals surface area contributed by atoms with Gasteiger partial charge in [-0.2, -0.15) is 0 Å². The molecule has 0 aliphatic heterocycles. The number of allylic oxidation sites excluding steroid dienone is 3. The first-order valence-electron chi connectivity index (χ1n) is 13.5. The lowest BCUT2D eigenvalue weighted by Gasteiger charge is -2.63. The van der Waals surface area contributed by atoms with Crippen LogP contribution in [-0.2, 0) is 0 Å². The highest BCUT2D eigenvalue weighted by Gasteiger charge is 2.66. The van der Waals surface area contributed by atoms with Crippen LogP contribution in [-0.4, -0.2) is 22.4 Å². The van der Waals surface area contributed by atoms with Crippen molar-refractivity contribution in [3.63, 3.8) is 0 Å². The molecule has 0 aromatic rings. The first kappa shape index (κ1) is 24.5. The summed E-state index contributed by atoms with van der Waals surface area (Å²) in [4.78, 5) is 0. The minimum atomic E-state index is -0.254. The second-order valence-electron chi connectivity index (χ2n) is 13.7. The molecule has 32 heavy (non-hydrogen) atoms. The molecule has 4 aliphatic rings. The summed E-state index contributed by atoms with van der Waals surface area (Å²) in [7, 11) is 0. The molecule has 0 heterocycles. The van der Waals surface area contributed by atoms with E-state index >= 15 is 0 Å². The largest absolute Gasteiger partial charge is 0.393 e. The van der Waals surface area contributed by atoms with Crippen LogP contribution in [0, 0.1) is 39.4 Å². The molecule has 0 saturated heterocycles. The summed E-state index contributed by atoms with van der Waals surface area (Å²) in [6.07, 6.45) is 12.0. The Labute approximate surface area is 198 Å². The summed E-state index contributed by atoms with van der Waals surface area (Å²) >= 11 is 0. The van der Waals surface area contributed by atoms with Gasteiger partial charge in [0.15, 0.2) is 0 Å². The number of aliphatic hydroxyl groups excluding tert-OH is 2. The molecule has 4 aliphatic carbocycles. The molecule has 0 spiro atoms. The van der Waals surface area contributed by atoms with E-state index in [-0.39, 0.29) is 33.9 Å². The molecule has 2 heteroatoms. The highest BCUT2D eigenvalue weighted by atomic mass is 16.3. The van der Waals surface area contributed by atoms with Gasteiger partial charge in [-0.1, -0.05) is 64.3 Å². The average molecular weight is 443 g/mol. The molecule has 182 valence electrons. The third kappa shape index (κ3) is 3.25. The van der Waals surface area contributed by atoms with E-state index in [1.54, 1.807) is 11.1 Å². The third-order valence-corrected chi connectivity index (χ3v) is 11.7. The monoisotopic (exact) mass is 442 g/mol. The molecule has 2 N–H and O–H groups in total. The van der Waals surface area contributed by atoms with Crippen molar-refractivity contribution in [2.24, 2.45) is 39.4 Å². The average Bonchev–Trinajstić information content (AvgIpc) is 2.99. The predicted octanol–water partition coefficient (Wildman–Crippen LogP) is 7.45. The van der Waals surface area contributed by atoms with Gasteiger partial charge in [0.2, 0.25) is 0 Å². The summed E-state index contributed by atoms with van der Waals surface area (Å²) < 4.78 is 0. The van der Waals surface area contributed by atoms with Crippen LogP contribution >= 0.6 is 0 Å². The maximum absolute atomic E-state index is 11.9. The standard InChI is InChI=1S/C30H50O2/c1-19(2)10-9-11-20(3)21-14-17-29(7)22-12-13-24-27(4,5)25(31)15-16-28(24,6)23(22)18-26(32)30(21,29)8/h10,20-21,24-26,31-32H,9,11-18H2,1-8H3/t20-,21?,24+,25-,26-,28-,29+,30+/m1/s1. The van der Waals surface area contributed by atoms with E-state index in [1.165, 1.54) is 37.7 Å². The van der Waals surface area contributed by atoms with E-state index < -0.39 is 0 Å². The fraction of sp³-hybridized carbons (Fsp3) is 0.867. The highest BCUT2D eigenvalue weighted by molar-refractivity contribution is 5.40. The van der Waals surface area contributed by atoms with Crippen molar-refractivity contribution >= 4 is 0 Å². The molecular weight excluding hydrogens is 392 g/mol. The van der Waals surface area contributed by atoms with Crippen molar-refractivity contribution in [3.8, 4) is 0 Å². The van der Waals surface area contributed by atoms with Gasteiger partial charge in [0, 0.05) is 5.41 Å². The van der Waals surface area contributed by atoms with Gasteiger partial charge < -0.3 is 10.2 Å². The van der Waals surface area contributed by atoms with Gasteiger partial charge >= 0.3 is 0 Å². The fourth-order valence-corrected chi connectivity index (χ4v) is 9.47. The first-order valence-corrected chi connectivity index (χ1v) is 13.5. The van der Waals surface area contributed by atoms with Crippen LogP contribution in [0.25, 0.3) is 0 Å². The number of aliphatic hydroxyl groups is 2. The number of fused-ring (bicyclic) bond motifs is 4. The van der Waals surface area contributed by atoms with Crippen molar-refractivity contribution in [2.45, 2.75) is 125 Å². The van der Waals surface area contributed by atoms with Crippen LogP contribution in [0.4, 0.5) is 0 Å². The second-order valence-corrected chi connectivity index (χ2v) is 13.7. The lowest BCUT2D eigenvalue weighted by atomic mass is 9.42. The van der Waals surface area contributed by atoms with Gasteiger partial charge in [0.25, 0.3) is 0 Å². The summed E-state index contributed by atoms with van der Waals surface area (Å²) in [5.74, 6) is 1.75. The Hall–Kier alpha value is -0.600. The smallest absolute Gasteiger partial charge is 0.0642 e. The number of rotatable bonds is 4. The molecular formula is C30H50O2. The minimum absolute atomic E-state index is 0.0247. The van der Waals surface area contributed by atoms with Crippen LogP contribution in [0.5, 0.6) is 0 Å². The Morgan fingerprint density at radius 1 is 0.969 bits per heavy atom. The van der Waals surface area contributed by atoms with Gasteiger partial charge in [-0.05, 0) is 106 Å². The Kier molecular flexibility index (Phi) is 6.11. The lowest BCUT2D eigenvalue weighted by Crippen LogP contribution is -2.58. The van der Waals surface area contributed by atoms with Crippen molar-refractivity contribution in [2.75, 3.05) is 0 Å². The van der Waals surface area contributed by atoms with E-state index in [2.05, 4.69) is 61.5 Å². The van der Waals surface area contributed by atoms with Crippen molar-refractivity contribution in [1.82, 2.24) is 0 Å². The summed E-state index contributed by atoms with van der Waals surface area (Å²) in [6, 6.07) is 0. The van der Waals surface area contributed by atoms with Gasteiger partial charge in [0.1, 0.15) is 0 Å². The van der Waals surface area contributed by atoms with E-state index in [0.29, 0.717) is 17.8 Å². The predicted molar refractivity (Wildman–Crippen MR) is 134 cm³/mol. The molecule has 0 amide bonds. The first-order chi connectivity index (χ1) is 14.8. The fourth-order valence-electron chi connectivity index (χ4n) is 9.47. The van der Waals surface area contributed by atoms with E-state index in [9.17, 15) is 10.2 Å². The summed E-state index contributed by atoms with van der Waals surface area (Å²) in [5, 5.41) is 22.7. The molecule has 0 aromatic carbocycles. The normalized spacial score (nSPS) is 46.2. The van der Waals surface area contributed by atoms with Crippen molar-refractivity contribution < 1.29 is 10.2 Å². The molecule has 0 radical (unpaired) electrons. The van der Waals surface area contributed by atoms with Crippen LogP contribution in [0.15, 0.2) is 22.8 Å². The van der Waals surface area contributed by atoms with Crippen molar-refractivity contribution in [1.29, 1.82) is 0 Å². The number of hydrogen-bond donors (Lipinski definition) is 2. The molecule has 2 fully saturated rings. The van der Waals surface area contributed by atoms with Crippen LogP contribution in [0.1, 0.15) is 113 Å². The summed E-state index contributed by atoms with van der Waals surface area (Å²) in [5.41, 5.74) is 4.91. The third-order valence-electron chi connectivity index (χ3n) is 11.7. The highest BCUT2D eigenvalue weighted by Crippen LogP contribution is 2.72. The van der Waals surface area contributed by atoms with Crippen LogP contribution < -0.4 is 0 Å². The molecule has 0 aromatic heterocycles. The van der Waals surface area contributed by atoms with E-state index in [0.717, 1.165) is 25.7 Å². The lowest BCUT2D eigenvalue weighted by molar-refractivity contribution is -0.115. The van der Waals surface area contributed by atoms with Crippen molar-refractivity contribution in [3.05, 3.63) is 22.8 Å². The van der Waals surface area contributed by atoms with E-state index in [4.69, 9.17) is 0 Å². The topological polar surface area (TPSA) is 40.5 Å². The summed E-state index contributed by atoms with van der Waals surface area (Å²) in [6.45, 7) is 18.8. The van der Waals surface area contributed by atoms with E-state index in [1.807, 2.05) is 0 Å². The zero-order valence-corrected chi connectivity index (χ0v) is 22.2. The molecule has 2 saturated carbocycles. The Balaban J connectivity index is 1.70. The second kappa shape index (κ2) is 7.98.